The van der Waals surface area contributed by atoms with Crippen molar-refractivity contribution < 1.29 is 4.74 Å². The lowest BCUT2D eigenvalue weighted by Crippen LogP contribution is -2.35. The highest BCUT2D eigenvalue weighted by Crippen LogP contribution is 2.50. The Morgan fingerprint density at radius 1 is 0.623 bits per heavy atom. The number of hydrogen-bond acceptors (Lipinski definition) is 19. The molecule has 2 aliphatic heterocycles. The Morgan fingerprint density at radius 2 is 1.07 bits per heavy atom. The van der Waals surface area contributed by atoms with Crippen molar-refractivity contribution in [1.29, 1.82) is 0 Å². The summed E-state index contributed by atoms with van der Waals surface area (Å²) in [7, 11) is 1.80. The summed E-state index contributed by atoms with van der Waals surface area (Å²) in [6.07, 6.45) is 24.9. The quantitative estimate of drug-likeness (QED) is 0.177. The van der Waals surface area contributed by atoms with E-state index in [1.54, 1.807) is 44.3 Å². The number of hydrogen-bond donors (Lipinski definition) is 2. The Labute approximate surface area is 362 Å². The highest BCUT2D eigenvalue weighted by Gasteiger charge is 2.44. The number of nitrogens with one attached hydrogen (secondary N) is 1. The number of tetrazole rings is 2. The van der Waals surface area contributed by atoms with E-state index in [9.17, 15) is 0 Å². The van der Waals surface area contributed by atoms with Crippen LogP contribution >= 0.6 is 23.2 Å². The fraction of sp³-hybridized carbons (Fsp3) is 0.526. The van der Waals surface area contributed by atoms with Gasteiger partial charge in [-0.1, -0.05) is 23.2 Å². The number of methoxy groups -OCH3 is 1. The van der Waals surface area contributed by atoms with Crippen molar-refractivity contribution in [1.82, 2.24) is 80.3 Å². The predicted octanol–water partition coefficient (Wildman–Crippen LogP) is 3.91. The molecule has 2 aliphatic carbocycles. The second-order valence-electron chi connectivity index (χ2n) is 15.6. The van der Waals surface area contributed by atoms with E-state index in [0.29, 0.717) is 27.6 Å². The van der Waals surface area contributed by atoms with Crippen LogP contribution in [-0.4, -0.2) is 127 Å². The number of nitrogens with zero attached hydrogens (tertiary/aromatic N) is 18. The number of rotatable bonds is 12. The highest BCUT2D eigenvalue weighted by atomic mass is 35.5. The van der Waals surface area contributed by atoms with Crippen molar-refractivity contribution in [2.75, 3.05) is 67.3 Å². The minimum atomic E-state index is 0.397. The first-order valence-electron chi connectivity index (χ1n) is 20.4. The number of ether oxygens (including phenoxy) is 1. The molecule has 6 aromatic rings. The van der Waals surface area contributed by atoms with Gasteiger partial charge in [0.1, 0.15) is 12.7 Å². The van der Waals surface area contributed by atoms with Crippen LogP contribution in [0.1, 0.15) is 44.9 Å². The molecule has 0 aromatic carbocycles. The molecular formula is C38H48Cl2N20O. The van der Waals surface area contributed by atoms with Crippen molar-refractivity contribution in [3.63, 3.8) is 0 Å². The topological polar surface area (TPSA) is 244 Å². The fourth-order valence-corrected chi connectivity index (χ4v) is 8.51. The lowest BCUT2D eigenvalue weighted by molar-refractivity contribution is 0.173. The van der Waals surface area contributed by atoms with Crippen molar-refractivity contribution in [2.24, 2.45) is 35.5 Å². The molecule has 10 rings (SSSR count). The molecule has 23 heteroatoms. The van der Waals surface area contributed by atoms with Crippen LogP contribution in [0.15, 0.2) is 62.2 Å². The maximum absolute atomic E-state index is 5.88. The van der Waals surface area contributed by atoms with Gasteiger partial charge in [-0.2, -0.15) is 9.36 Å². The van der Waals surface area contributed by atoms with E-state index < -0.39 is 0 Å². The number of anilines is 4. The normalized spacial score (nSPS) is 21.2. The number of nitrogens with two attached hydrogens (primary N) is 1. The van der Waals surface area contributed by atoms with Crippen LogP contribution in [0.2, 0.25) is 10.0 Å². The lowest BCUT2D eigenvalue weighted by Gasteiger charge is -2.32. The molecule has 0 bridgehead atoms. The summed E-state index contributed by atoms with van der Waals surface area (Å²) in [5.41, 5.74) is 6.82. The van der Waals surface area contributed by atoms with Crippen LogP contribution in [0.25, 0.3) is 11.9 Å². The van der Waals surface area contributed by atoms with Gasteiger partial charge in [0.25, 0.3) is 11.9 Å². The molecule has 0 unspecified atom stereocenters. The minimum absolute atomic E-state index is 0.397. The van der Waals surface area contributed by atoms with Gasteiger partial charge in [-0.15, -0.1) is 10.2 Å². The molecule has 2 saturated heterocycles. The van der Waals surface area contributed by atoms with Crippen LogP contribution in [-0.2, 0) is 4.74 Å². The predicted molar refractivity (Wildman–Crippen MR) is 226 cm³/mol. The van der Waals surface area contributed by atoms with Crippen molar-refractivity contribution in [2.45, 2.75) is 44.9 Å². The molecule has 320 valence electrons. The Morgan fingerprint density at radius 3 is 1.52 bits per heavy atom. The standard InChI is InChI=1S/C19H23ClN10.C14H20ClN3O.C5H5N7/c20-15-8-22-18(23-9-15)29-5-2-13(3-6-29)17-7-14(17)1-4-21-16-10-24-19(25-11-16)30-12-26-27-28-30;1-19-9-11-6-13(11)10-2-4-18(5-3-10)14-16-7-12(15)8-17-14;6-4-1-7-5(8-2-4)12-3-9-10-11-12/h8-14,17,21H,1-7H2;7-8,10-11,13H,2-6,9H2,1H3;1-3H,6H2/t14-,17-;11-,13+;/m10./s1. The van der Waals surface area contributed by atoms with Crippen LogP contribution < -0.4 is 20.9 Å². The summed E-state index contributed by atoms with van der Waals surface area (Å²) in [5, 5.41) is 26.1. The SMILES string of the molecule is COC[C@@H]1C[C@@H]1C1CCN(c2ncc(Cl)cn2)CC1.Clc1cnc(N2CCC([C@H]3C[C@H]3CCNc3cnc(-n4cnnn4)nc3)CC2)nc1.Nc1cnc(-n2cnnn2)nc1. The van der Waals surface area contributed by atoms with Gasteiger partial charge in [-0.05, 0) is 101 Å². The average molecular weight is 872 g/mol. The van der Waals surface area contributed by atoms with Gasteiger partial charge < -0.3 is 25.6 Å². The maximum Gasteiger partial charge on any atom is 0.253 e. The van der Waals surface area contributed by atoms with E-state index >= 15 is 0 Å². The van der Waals surface area contributed by atoms with Gasteiger partial charge in [0, 0.05) is 46.4 Å². The summed E-state index contributed by atoms with van der Waals surface area (Å²) in [6.45, 7) is 6.04. The van der Waals surface area contributed by atoms with E-state index in [1.807, 2.05) is 0 Å². The lowest BCUT2D eigenvalue weighted by atomic mass is 9.90. The van der Waals surface area contributed by atoms with E-state index in [2.05, 4.69) is 86.0 Å². The molecule has 0 radical (unpaired) electrons. The first-order chi connectivity index (χ1) is 29.9. The average Bonchev–Trinajstić information content (AvgIpc) is 4.07. The summed E-state index contributed by atoms with van der Waals surface area (Å²) < 4.78 is 8.03. The van der Waals surface area contributed by atoms with Crippen molar-refractivity contribution in [3.8, 4) is 11.9 Å². The first-order valence-corrected chi connectivity index (χ1v) is 21.2. The molecule has 0 amide bonds. The smallest absolute Gasteiger partial charge is 0.253 e. The van der Waals surface area contributed by atoms with Crippen LogP contribution in [0.5, 0.6) is 0 Å². The molecule has 3 N–H and O–H groups in total. The number of nitrogen functional groups attached to an aromatic ring is 1. The second kappa shape index (κ2) is 20.2. The fourth-order valence-electron chi connectivity index (χ4n) is 8.32. The molecule has 0 spiro atoms. The monoisotopic (exact) mass is 870 g/mol. The van der Waals surface area contributed by atoms with E-state index in [0.717, 1.165) is 92.4 Å². The Bertz CT molecular complexity index is 2190. The molecule has 61 heavy (non-hydrogen) atoms. The Balaban J connectivity index is 0.000000141. The van der Waals surface area contributed by atoms with Gasteiger partial charge in [-0.3, -0.25) is 0 Å². The van der Waals surface area contributed by atoms with Crippen molar-refractivity contribution in [3.05, 3.63) is 72.3 Å². The third-order valence-electron chi connectivity index (χ3n) is 11.7. The molecule has 21 nitrogen and oxygen atoms in total. The van der Waals surface area contributed by atoms with E-state index in [4.69, 9.17) is 33.7 Å². The van der Waals surface area contributed by atoms with Gasteiger partial charge in [0.2, 0.25) is 11.9 Å². The summed E-state index contributed by atoms with van der Waals surface area (Å²) in [5.74, 6) is 7.54. The summed E-state index contributed by atoms with van der Waals surface area (Å²) >= 11 is 11.7. The first kappa shape index (κ1) is 41.9. The second-order valence-corrected chi connectivity index (χ2v) is 16.5. The molecular weight excluding hydrogens is 823 g/mol. The highest BCUT2D eigenvalue weighted by molar-refractivity contribution is 6.30. The maximum atomic E-state index is 5.88. The third-order valence-corrected chi connectivity index (χ3v) is 12.0. The Kier molecular flexibility index (Phi) is 13.9. The van der Waals surface area contributed by atoms with Gasteiger partial charge in [0.15, 0.2) is 0 Å². The molecule has 4 aliphatic rings. The van der Waals surface area contributed by atoms with Crippen LogP contribution in [0.3, 0.4) is 0 Å². The molecule has 6 aromatic heterocycles. The van der Waals surface area contributed by atoms with Crippen molar-refractivity contribution >= 4 is 46.5 Å². The third kappa shape index (κ3) is 11.5. The Hall–Kier alpha value is -5.80. The van der Waals surface area contributed by atoms with Crippen LogP contribution in [0, 0.1) is 35.5 Å². The molecule has 4 fully saturated rings. The largest absolute Gasteiger partial charge is 0.396 e. The molecule has 8 heterocycles. The number of piperidine rings is 2. The number of aromatic nitrogens is 16. The zero-order chi connectivity index (χ0) is 42.0. The molecule has 4 atom stereocenters. The van der Waals surface area contributed by atoms with Crippen LogP contribution in [0.4, 0.5) is 23.3 Å². The number of halogens is 2. The van der Waals surface area contributed by atoms with E-state index in [1.165, 1.54) is 79.4 Å². The van der Waals surface area contributed by atoms with E-state index in [-0.39, 0.29) is 0 Å². The molecule has 2 saturated carbocycles. The van der Waals surface area contributed by atoms with Gasteiger partial charge >= 0.3 is 0 Å². The zero-order valence-corrected chi connectivity index (χ0v) is 35.2. The zero-order valence-electron chi connectivity index (χ0n) is 33.7. The summed E-state index contributed by atoms with van der Waals surface area (Å²) in [4.78, 5) is 38.2. The van der Waals surface area contributed by atoms with Gasteiger partial charge in [0.05, 0.1) is 71.0 Å². The minimum Gasteiger partial charge on any atom is -0.396 e. The van der Waals surface area contributed by atoms with Gasteiger partial charge in [-0.25, -0.2) is 39.9 Å². The summed E-state index contributed by atoms with van der Waals surface area (Å²) in [6, 6.07) is 0.